The van der Waals surface area contributed by atoms with Crippen LogP contribution in [-0.4, -0.2) is 9.78 Å². The summed E-state index contributed by atoms with van der Waals surface area (Å²) < 4.78 is 2.03. The third kappa shape index (κ3) is 1.82. The van der Waals surface area contributed by atoms with Crippen molar-refractivity contribution in [2.24, 2.45) is 0 Å². The average Bonchev–Trinajstić information content (AvgIpc) is 2.36. The first kappa shape index (κ1) is 8.31. The van der Waals surface area contributed by atoms with E-state index in [-0.39, 0.29) is 0 Å². The summed E-state index contributed by atoms with van der Waals surface area (Å²) in [6, 6.07) is 1.97. The predicted octanol–water partition coefficient (Wildman–Crippen LogP) is 2.22. The minimum atomic E-state index is 0.556. The van der Waals surface area contributed by atoms with Gasteiger partial charge in [0.1, 0.15) is 6.20 Å². The van der Waals surface area contributed by atoms with Gasteiger partial charge in [0.25, 0.3) is 0 Å². The van der Waals surface area contributed by atoms with E-state index < -0.39 is 0 Å². The van der Waals surface area contributed by atoms with E-state index in [4.69, 9.17) is 0 Å². The normalized spacial score (nSPS) is 10.9. The van der Waals surface area contributed by atoms with Crippen LogP contribution < -0.4 is 0 Å². The maximum atomic E-state index is 4.12. The molecule has 0 N–H and O–H groups in total. The molecule has 0 aliphatic carbocycles. The highest BCUT2D eigenvalue weighted by Crippen LogP contribution is 2.12. The van der Waals surface area contributed by atoms with Gasteiger partial charge in [0.2, 0.25) is 0 Å². The van der Waals surface area contributed by atoms with Gasteiger partial charge in [-0.1, -0.05) is 20.8 Å². The molecule has 1 aromatic heterocycles. The lowest BCUT2D eigenvalue weighted by Gasteiger charge is -2.07. The monoisotopic (exact) mass is 151 g/mol. The molecule has 0 aromatic carbocycles. The Bertz CT molecular complexity index is 213. The Morgan fingerprint density at radius 2 is 2.36 bits per heavy atom. The molecular weight excluding hydrogens is 136 g/mol. The average molecular weight is 151 g/mol. The van der Waals surface area contributed by atoms with Crippen molar-refractivity contribution in [1.82, 2.24) is 9.78 Å². The summed E-state index contributed by atoms with van der Waals surface area (Å²) in [4.78, 5) is 0. The fourth-order valence-corrected chi connectivity index (χ4v) is 1.15. The van der Waals surface area contributed by atoms with Crippen LogP contribution in [0.25, 0.3) is 0 Å². The Morgan fingerprint density at radius 1 is 1.64 bits per heavy atom. The number of hydrogen-bond acceptors (Lipinski definition) is 1. The first-order chi connectivity index (χ1) is 5.25. The molecule has 61 valence electrons. The van der Waals surface area contributed by atoms with Crippen LogP contribution in [-0.2, 0) is 6.54 Å². The second-order valence-electron chi connectivity index (χ2n) is 3.08. The number of aryl methyl sites for hydroxylation is 1. The summed E-state index contributed by atoms with van der Waals surface area (Å²) in [7, 11) is 0. The Balaban J connectivity index is 2.78. The number of hydrogen-bond donors (Lipinski definition) is 0. The first-order valence-electron chi connectivity index (χ1n) is 4.19. The van der Waals surface area contributed by atoms with Gasteiger partial charge in [0.05, 0.1) is 0 Å². The molecule has 1 radical (unpaired) electrons. The van der Waals surface area contributed by atoms with Crippen molar-refractivity contribution in [1.29, 1.82) is 0 Å². The second kappa shape index (κ2) is 3.56. The van der Waals surface area contributed by atoms with E-state index in [1.807, 2.05) is 10.7 Å². The van der Waals surface area contributed by atoms with Crippen LogP contribution in [0.3, 0.4) is 0 Å². The quantitative estimate of drug-likeness (QED) is 0.647. The molecule has 0 atom stereocenters. The lowest BCUT2D eigenvalue weighted by Crippen LogP contribution is -2.05. The predicted molar refractivity (Wildman–Crippen MR) is 45.4 cm³/mol. The van der Waals surface area contributed by atoms with Crippen LogP contribution in [0.15, 0.2) is 6.07 Å². The van der Waals surface area contributed by atoms with Crippen LogP contribution in [0.1, 0.15) is 38.8 Å². The molecule has 0 fully saturated rings. The number of nitrogens with zero attached hydrogens (tertiary/aromatic N) is 2. The van der Waals surface area contributed by atoms with Gasteiger partial charge in [-0.3, -0.25) is 4.68 Å². The molecule has 1 aromatic rings. The number of aromatic nitrogens is 2. The molecule has 0 saturated heterocycles. The summed E-state index contributed by atoms with van der Waals surface area (Å²) in [6.07, 6.45) is 4.01. The zero-order valence-electron chi connectivity index (χ0n) is 7.46. The van der Waals surface area contributed by atoms with Crippen LogP contribution in [0.4, 0.5) is 0 Å². The topological polar surface area (TPSA) is 17.8 Å². The van der Waals surface area contributed by atoms with E-state index in [0.29, 0.717) is 5.92 Å². The van der Waals surface area contributed by atoms with Crippen molar-refractivity contribution in [3.05, 3.63) is 18.0 Å². The smallest absolute Gasteiger partial charge is 0.113 e. The van der Waals surface area contributed by atoms with Crippen molar-refractivity contribution < 1.29 is 0 Å². The van der Waals surface area contributed by atoms with Crippen molar-refractivity contribution in [3.8, 4) is 0 Å². The minimum absolute atomic E-state index is 0.556. The maximum absolute atomic E-state index is 4.12. The molecule has 2 nitrogen and oxygen atoms in total. The van der Waals surface area contributed by atoms with E-state index in [9.17, 15) is 0 Å². The molecule has 11 heavy (non-hydrogen) atoms. The summed E-state index contributed by atoms with van der Waals surface area (Å²) in [5, 5.41) is 4.12. The third-order valence-corrected chi connectivity index (χ3v) is 1.72. The van der Waals surface area contributed by atoms with Gasteiger partial charge >= 0.3 is 0 Å². The molecular formula is C9H15N2. The summed E-state index contributed by atoms with van der Waals surface area (Å²) in [5.41, 5.74) is 1.28. The summed E-state index contributed by atoms with van der Waals surface area (Å²) in [6.45, 7) is 7.52. The zero-order chi connectivity index (χ0) is 8.27. The fourth-order valence-electron chi connectivity index (χ4n) is 1.15. The van der Waals surface area contributed by atoms with Crippen molar-refractivity contribution in [2.45, 2.75) is 39.7 Å². The van der Waals surface area contributed by atoms with E-state index in [1.165, 1.54) is 5.69 Å². The zero-order valence-corrected chi connectivity index (χ0v) is 7.46. The lowest BCUT2D eigenvalue weighted by molar-refractivity contribution is 0.557. The molecule has 0 aliphatic rings. The SMILES string of the molecule is CCCn1n[c]cc1C(C)C. The maximum Gasteiger partial charge on any atom is 0.113 e. The van der Waals surface area contributed by atoms with Crippen LogP contribution in [0, 0.1) is 6.20 Å². The summed E-state index contributed by atoms with van der Waals surface area (Å²) in [5.74, 6) is 0.556. The lowest BCUT2D eigenvalue weighted by atomic mass is 10.1. The van der Waals surface area contributed by atoms with Crippen LogP contribution in [0.2, 0.25) is 0 Å². The van der Waals surface area contributed by atoms with Crippen molar-refractivity contribution in [2.75, 3.05) is 0 Å². The first-order valence-corrected chi connectivity index (χ1v) is 4.19. The molecule has 0 saturated carbocycles. The molecule has 1 rings (SSSR count). The Labute approximate surface area is 68.2 Å². The molecule has 0 aliphatic heterocycles. The molecule has 0 bridgehead atoms. The second-order valence-corrected chi connectivity index (χ2v) is 3.08. The van der Waals surface area contributed by atoms with Crippen LogP contribution >= 0.6 is 0 Å². The largest absolute Gasteiger partial charge is 0.269 e. The van der Waals surface area contributed by atoms with Gasteiger partial charge < -0.3 is 0 Å². The molecule has 2 heteroatoms. The van der Waals surface area contributed by atoms with Gasteiger partial charge in [-0.2, -0.15) is 5.10 Å². The fraction of sp³-hybridized carbons (Fsp3) is 0.667. The van der Waals surface area contributed by atoms with Crippen LogP contribution in [0.5, 0.6) is 0 Å². The molecule has 0 spiro atoms. The highest BCUT2D eigenvalue weighted by Gasteiger charge is 2.04. The molecule has 0 unspecified atom stereocenters. The van der Waals surface area contributed by atoms with E-state index in [2.05, 4.69) is 32.1 Å². The minimum Gasteiger partial charge on any atom is -0.269 e. The van der Waals surface area contributed by atoms with Crippen molar-refractivity contribution >= 4 is 0 Å². The standard InChI is InChI=1S/C9H15N2/c1-4-7-11-9(8(2)3)5-6-10-11/h5,8H,4,7H2,1-3H3. The van der Waals surface area contributed by atoms with Gasteiger partial charge in [-0.05, 0) is 18.4 Å². The van der Waals surface area contributed by atoms with Gasteiger partial charge in [0, 0.05) is 12.2 Å². The number of rotatable bonds is 3. The van der Waals surface area contributed by atoms with E-state index in [1.54, 1.807) is 0 Å². The Hall–Kier alpha value is -0.790. The van der Waals surface area contributed by atoms with Crippen molar-refractivity contribution in [3.63, 3.8) is 0 Å². The Morgan fingerprint density at radius 3 is 2.91 bits per heavy atom. The van der Waals surface area contributed by atoms with E-state index in [0.717, 1.165) is 13.0 Å². The molecule has 1 heterocycles. The van der Waals surface area contributed by atoms with Gasteiger partial charge in [-0.15, -0.1) is 0 Å². The van der Waals surface area contributed by atoms with Gasteiger partial charge in [0.15, 0.2) is 0 Å². The highest BCUT2D eigenvalue weighted by molar-refractivity contribution is 5.04. The third-order valence-electron chi connectivity index (χ3n) is 1.72. The van der Waals surface area contributed by atoms with E-state index >= 15 is 0 Å². The highest BCUT2D eigenvalue weighted by atomic mass is 15.3. The summed E-state index contributed by atoms with van der Waals surface area (Å²) >= 11 is 0. The molecule has 0 amide bonds. The Kier molecular flexibility index (Phi) is 2.69. The van der Waals surface area contributed by atoms with Gasteiger partial charge in [-0.25, -0.2) is 0 Å².